The third kappa shape index (κ3) is 2.61. The molecule has 0 fully saturated rings. The van der Waals surface area contributed by atoms with Crippen LogP contribution in [0.2, 0.25) is 0 Å². The van der Waals surface area contributed by atoms with Crippen molar-refractivity contribution in [3.05, 3.63) is 65.5 Å². The summed E-state index contributed by atoms with van der Waals surface area (Å²) in [4.78, 5) is 14.0. The van der Waals surface area contributed by atoms with E-state index >= 15 is 0 Å². The molecule has 1 heterocycles. The van der Waals surface area contributed by atoms with Crippen molar-refractivity contribution in [2.24, 2.45) is 5.73 Å². The number of benzene rings is 2. The van der Waals surface area contributed by atoms with Crippen LogP contribution in [0, 0.1) is 5.82 Å². The molecule has 0 aliphatic carbocycles. The van der Waals surface area contributed by atoms with Crippen molar-refractivity contribution in [2.75, 3.05) is 11.4 Å². The molecule has 108 valence electrons. The first-order valence-electron chi connectivity index (χ1n) is 7.06. The Morgan fingerprint density at radius 2 is 1.86 bits per heavy atom. The molecule has 1 aliphatic heterocycles. The van der Waals surface area contributed by atoms with Crippen LogP contribution in [0.5, 0.6) is 0 Å². The Morgan fingerprint density at radius 1 is 1.14 bits per heavy atom. The average Bonchev–Trinajstić information content (AvgIpc) is 2.49. The molecular weight excluding hydrogens is 267 g/mol. The molecule has 0 aromatic heterocycles. The highest BCUT2D eigenvalue weighted by molar-refractivity contribution is 5.85. The number of carbonyl (C=O) groups excluding carboxylic acids is 1. The number of nitrogens with zero attached hydrogens (tertiary/aromatic N) is 1. The zero-order chi connectivity index (χ0) is 14.8. The molecule has 3 nitrogen and oxygen atoms in total. The lowest BCUT2D eigenvalue weighted by Crippen LogP contribution is -2.40. The lowest BCUT2D eigenvalue weighted by atomic mass is 9.96. The second-order valence-electron chi connectivity index (χ2n) is 5.28. The van der Waals surface area contributed by atoms with Gasteiger partial charge in [-0.2, -0.15) is 0 Å². The first-order valence-corrected chi connectivity index (χ1v) is 7.06. The van der Waals surface area contributed by atoms with Crippen LogP contribution in [-0.2, 0) is 11.2 Å². The van der Waals surface area contributed by atoms with Crippen LogP contribution in [0.25, 0.3) is 0 Å². The number of aryl methyl sites for hydroxylation is 1. The number of para-hydroxylation sites is 1. The molecule has 0 spiro atoms. The first kappa shape index (κ1) is 13.6. The van der Waals surface area contributed by atoms with Crippen molar-refractivity contribution in [2.45, 2.75) is 18.9 Å². The van der Waals surface area contributed by atoms with Crippen LogP contribution in [-0.4, -0.2) is 12.5 Å². The van der Waals surface area contributed by atoms with Crippen molar-refractivity contribution < 1.29 is 9.18 Å². The predicted molar refractivity (Wildman–Crippen MR) is 80.4 cm³/mol. The molecule has 2 N–H and O–H groups in total. The highest BCUT2D eigenvalue weighted by atomic mass is 19.1. The highest BCUT2D eigenvalue weighted by Gasteiger charge is 2.29. The molecule has 0 saturated heterocycles. The van der Waals surface area contributed by atoms with E-state index in [0.29, 0.717) is 0 Å². The number of nitrogens with two attached hydrogens (primary N) is 1. The van der Waals surface area contributed by atoms with Crippen LogP contribution >= 0.6 is 0 Å². The third-order valence-corrected chi connectivity index (χ3v) is 3.91. The SMILES string of the molecule is NC(=O)C(c1ccc(F)cc1)N1CCCc2ccccc21. The average molecular weight is 284 g/mol. The summed E-state index contributed by atoms with van der Waals surface area (Å²) in [6, 6.07) is 13.5. The van der Waals surface area contributed by atoms with Crippen molar-refractivity contribution in [1.82, 2.24) is 0 Å². The van der Waals surface area contributed by atoms with Crippen molar-refractivity contribution in [3.8, 4) is 0 Å². The molecule has 0 radical (unpaired) electrons. The Balaban J connectivity index is 2.03. The maximum absolute atomic E-state index is 13.1. The van der Waals surface area contributed by atoms with E-state index in [1.54, 1.807) is 12.1 Å². The molecule has 1 unspecified atom stereocenters. The van der Waals surface area contributed by atoms with Crippen molar-refractivity contribution in [1.29, 1.82) is 0 Å². The minimum absolute atomic E-state index is 0.319. The highest BCUT2D eigenvalue weighted by Crippen LogP contribution is 2.34. The van der Waals surface area contributed by atoms with Gasteiger partial charge in [0.05, 0.1) is 0 Å². The van der Waals surface area contributed by atoms with E-state index in [-0.39, 0.29) is 5.82 Å². The van der Waals surface area contributed by atoms with Gasteiger partial charge in [-0.1, -0.05) is 30.3 Å². The lowest BCUT2D eigenvalue weighted by molar-refractivity contribution is -0.119. The molecule has 21 heavy (non-hydrogen) atoms. The van der Waals surface area contributed by atoms with Gasteiger partial charge in [0.1, 0.15) is 11.9 Å². The normalized spacial score (nSPS) is 15.4. The standard InChI is InChI=1S/C17H17FN2O/c18-14-9-7-13(8-10-14)16(17(19)21)20-11-3-5-12-4-1-2-6-15(12)20/h1-2,4,6-10,16H,3,5,11H2,(H2,19,21). The summed E-state index contributed by atoms with van der Waals surface area (Å²) in [7, 11) is 0. The summed E-state index contributed by atoms with van der Waals surface area (Å²) in [6.07, 6.45) is 1.98. The Bertz CT molecular complexity index is 654. The minimum Gasteiger partial charge on any atom is -0.368 e. The zero-order valence-electron chi connectivity index (χ0n) is 11.6. The van der Waals surface area contributed by atoms with Gasteiger partial charge in [-0.15, -0.1) is 0 Å². The van der Waals surface area contributed by atoms with Crippen LogP contribution in [0.15, 0.2) is 48.5 Å². The molecule has 1 aliphatic rings. The van der Waals surface area contributed by atoms with E-state index in [1.165, 1.54) is 17.7 Å². The number of hydrogen-bond donors (Lipinski definition) is 1. The van der Waals surface area contributed by atoms with E-state index in [1.807, 2.05) is 23.1 Å². The number of hydrogen-bond acceptors (Lipinski definition) is 2. The monoisotopic (exact) mass is 284 g/mol. The largest absolute Gasteiger partial charge is 0.368 e. The fourth-order valence-corrected chi connectivity index (χ4v) is 2.97. The molecule has 3 rings (SSSR count). The number of carbonyl (C=O) groups is 1. The summed E-state index contributed by atoms with van der Waals surface area (Å²) in [5.41, 5.74) is 8.60. The summed E-state index contributed by atoms with van der Waals surface area (Å²) in [5.74, 6) is -0.737. The Morgan fingerprint density at radius 3 is 2.57 bits per heavy atom. The number of primary amides is 1. The fourth-order valence-electron chi connectivity index (χ4n) is 2.97. The van der Waals surface area contributed by atoms with Crippen LogP contribution in [0.4, 0.5) is 10.1 Å². The van der Waals surface area contributed by atoms with Gasteiger partial charge >= 0.3 is 0 Å². The van der Waals surface area contributed by atoms with E-state index in [9.17, 15) is 9.18 Å². The maximum atomic E-state index is 13.1. The Labute approximate surface area is 123 Å². The quantitative estimate of drug-likeness (QED) is 0.942. The molecule has 2 aromatic carbocycles. The van der Waals surface area contributed by atoms with Gasteiger partial charge in [-0.25, -0.2) is 4.39 Å². The van der Waals surface area contributed by atoms with Gasteiger partial charge in [0.25, 0.3) is 0 Å². The van der Waals surface area contributed by atoms with E-state index in [2.05, 4.69) is 6.07 Å². The molecule has 0 bridgehead atoms. The molecule has 0 saturated carbocycles. The number of halogens is 1. The van der Waals surface area contributed by atoms with Crippen molar-refractivity contribution >= 4 is 11.6 Å². The third-order valence-electron chi connectivity index (χ3n) is 3.91. The summed E-state index contributed by atoms with van der Waals surface area (Å²) in [5, 5.41) is 0. The predicted octanol–water partition coefficient (Wildman–Crippen LogP) is 2.80. The smallest absolute Gasteiger partial charge is 0.244 e. The minimum atomic E-state index is -0.563. The second-order valence-corrected chi connectivity index (χ2v) is 5.28. The molecule has 1 amide bonds. The fraction of sp³-hybridized carbons (Fsp3) is 0.235. The number of amides is 1. The van der Waals surface area contributed by atoms with E-state index in [4.69, 9.17) is 5.73 Å². The topological polar surface area (TPSA) is 46.3 Å². The van der Waals surface area contributed by atoms with Gasteiger partial charge in [0.2, 0.25) is 5.91 Å². The summed E-state index contributed by atoms with van der Waals surface area (Å²) < 4.78 is 13.1. The number of fused-ring (bicyclic) bond motifs is 1. The lowest BCUT2D eigenvalue weighted by Gasteiger charge is -2.36. The molecular formula is C17H17FN2O. The maximum Gasteiger partial charge on any atom is 0.244 e. The van der Waals surface area contributed by atoms with Crippen LogP contribution in [0.3, 0.4) is 0 Å². The first-order chi connectivity index (χ1) is 10.2. The second kappa shape index (κ2) is 5.56. The molecule has 4 heteroatoms. The van der Waals surface area contributed by atoms with Gasteiger partial charge in [0, 0.05) is 12.2 Å². The molecule has 2 aromatic rings. The molecule has 1 atom stereocenters. The van der Waals surface area contributed by atoms with Crippen LogP contribution in [0.1, 0.15) is 23.6 Å². The Hall–Kier alpha value is -2.36. The van der Waals surface area contributed by atoms with E-state index < -0.39 is 11.9 Å². The summed E-state index contributed by atoms with van der Waals surface area (Å²) >= 11 is 0. The van der Waals surface area contributed by atoms with Gasteiger partial charge < -0.3 is 10.6 Å². The van der Waals surface area contributed by atoms with E-state index in [0.717, 1.165) is 30.6 Å². The van der Waals surface area contributed by atoms with Gasteiger partial charge in [-0.05, 0) is 42.2 Å². The Kier molecular flexibility index (Phi) is 3.60. The number of anilines is 1. The zero-order valence-corrected chi connectivity index (χ0v) is 11.6. The number of rotatable bonds is 3. The summed E-state index contributed by atoms with van der Waals surface area (Å²) in [6.45, 7) is 0.766. The van der Waals surface area contributed by atoms with Gasteiger partial charge in [0.15, 0.2) is 0 Å². The van der Waals surface area contributed by atoms with Crippen molar-refractivity contribution in [3.63, 3.8) is 0 Å². The van der Waals surface area contributed by atoms with Gasteiger partial charge in [-0.3, -0.25) is 4.79 Å². The van der Waals surface area contributed by atoms with Crippen LogP contribution < -0.4 is 10.6 Å².